The van der Waals surface area contributed by atoms with Crippen LogP contribution in [0.5, 0.6) is 0 Å². The molecule has 3 heteroatoms. The molecule has 0 aliphatic heterocycles. The summed E-state index contributed by atoms with van der Waals surface area (Å²) in [5, 5.41) is 4.36. The van der Waals surface area contributed by atoms with Crippen molar-refractivity contribution in [3.05, 3.63) is 28.8 Å². The maximum absolute atomic E-state index is 6.40. The van der Waals surface area contributed by atoms with Gasteiger partial charge in [0.25, 0.3) is 0 Å². The van der Waals surface area contributed by atoms with Crippen molar-refractivity contribution in [1.29, 1.82) is 0 Å². The lowest BCUT2D eigenvalue weighted by Gasteiger charge is -2.16. The van der Waals surface area contributed by atoms with Gasteiger partial charge in [-0.1, -0.05) is 44.9 Å². The zero-order valence-corrected chi connectivity index (χ0v) is 14.1. The molecule has 1 rings (SSSR count). The number of hydrogen-bond acceptors (Lipinski definition) is 2. The molecule has 0 fully saturated rings. The second-order valence-electron chi connectivity index (χ2n) is 5.18. The molecule has 0 amide bonds. The lowest BCUT2D eigenvalue weighted by atomic mass is 10.1. The van der Waals surface area contributed by atoms with Gasteiger partial charge in [-0.2, -0.15) is 0 Å². The Morgan fingerprint density at radius 2 is 2.00 bits per heavy atom. The van der Waals surface area contributed by atoms with Crippen molar-refractivity contribution in [3.63, 3.8) is 0 Å². The standard InChI is InChI=1S/C16H26ClNS/c1-5-9-18-13(4)15-8-7-14(10-16(15)17)19-11-12(3)6-2/h7-8,10,12-13,18H,5-6,9,11H2,1-4H3. The summed E-state index contributed by atoms with van der Waals surface area (Å²) >= 11 is 8.30. The van der Waals surface area contributed by atoms with Crippen LogP contribution in [0.1, 0.15) is 52.1 Å². The van der Waals surface area contributed by atoms with Gasteiger partial charge in [0.2, 0.25) is 0 Å². The zero-order valence-electron chi connectivity index (χ0n) is 12.5. The highest BCUT2D eigenvalue weighted by molar-refractivity contribution is 7.99. The third-order valence-electron chi connectivity index (χ3n) is 3.37. The first-order chi connectivity index (χ1) is 9.08. The number of thioether (sulfide) groups is 1. The topological polar surface area (TPSA) is 12.0 Å². The van der Waals surface area contributed by atoms with Crippen molar-refractivity contribution in [1.82, 2.24) is 5.32 Å². The van der Waals surface area contributed by atoms with E-state index in [-0.39, 0.29) is 0 Å². The van der Waals surface area contributed by atoms with Crippen molar-refractivity contribution < 1.29 is 0 Å². The molecule has 0 saturated heterocycles. The van der Waals surface area contributed by atoms with E-state index in [0.717, 1.165) is 29.7 Å². The number of benzene rings is 1. The van der Waals surface area contributed by atoms with Crippen molar-refractivity contribution in [3.8, 4) is 0 Å². The molecule has 19 heavy (non-hydrogen) atoms. The van der Waals surface area contributed by atoms with E-state index < -0.39 is 0 Å². The van der Waals surface area contributed by atoms with Crippen LogP contribution in [0.25, 0.3) is 0 Å². The minimum absolute atomic E-state index is 0.320. The highest BCUT2D eigenvalue weighted by atomic mass is 35.5. The van der Waals surface area contributed by atoms with E-state index in [2.05, 4.69) is 51.2 Å². The van der Waals surface area contributed by atoms with Crippen LogP contribution in [0.15, 0.2) is 23.1 Å². The summed E-state index contributed by atoms with van der Waals surface area (Å²) in [6.07, 6.45) is 2.38. The maximum Gasteiger partial charge on any atom is 0.0464 e. The fourth-order valence-electron chi connectivity index (χ4n) is 1.78. The third kappa shape index (κ3) is 5.76. The summed E-state index contributed by atoms with van der Waals surface area (Å²) in [7, 11) is 0. The van der Waals surface area contributed by atoms with Gasteiger partial charge in [0.1, 0.15) is 0 Å². The molecule has 108 valence electrons. The van der Waals surface area contributed by atoms with E-state index in [4.69, 9.17) is 11.6 Å². The molecule has 2 unspecified atom stereocenters. The molecule has 0 heterocycles. The van der Waals surface area contributed by atoms with Gasteiger partial charge in [-0.3, -0.25) is 0 Å². The Bertz CT molecular complexity index is 381. The zero-order chi connectivity index (χ0) is 14.3. The van der Waals surface area contributed by atoms with Crippen LogP contribution in [0.4, 0.5) is 0 Å². The summed E-state index contributed by atoms with van der Waals surface area (Å²) in [6, 6.07) is 6.78. The third-order valence-corrected chi connectivity index (χ3v) is 5.02. The summed E-state index contributed by atoms with van der Waals surface area (Å²) < 4.78 is 0. The van der Waals surface area contributed by atoms with Gasteiger partial charge in [-0.15, -0.1) is 11.8 Å². The SMILES string of the molecule is CCCNC(C)c1ccc(SCC(C)CC)cc1Cl. The van der Waals surface area contributed by atoms with Crippen LogP contribution in [0.2, 0.25) is 5.02 Å². The largest absolute Gasteiger partial charge is 0.310 e. The van der Waals surface area contributed by atoms with Gasteiger partial charge >= 0.3 is 0 Å². The van der Waals surface area contributed by atoms with Crippen LogP contribution in [-0.4, -0.2) is 12.3 Å². The second-order valence-corrected chi connectivity index (χ2v) is 6.68. The smallest absolute Gasteiger partial charge is 0.0464 e. The van der Waals surface area contributed by atoms with Crippen LogP contribution in [0, 0.1) is 5.92 Å². The summed E-state index contributed by atoms with van der Waals surface area (Å²) in [6.45, 7) is 9.91. The van der Waals surface area contributed by atoms with Gasteiger partial charge in [-0.05, 0) is 43.5 Å². The molecule has 1 aromatic rings. The monoisotopic (exact) mass is 299 g/mol. The minimum atomic E-state index is 0.320. The van der Waals surface area contributed by atoms with Crippen LogP contribution in [-0.2, 0) is 0 Å². The molecule has 0 aromatic heterocycles. The van der Waals surface area contributed by atoms with Gasteiger partial charge in [-0.25, -0.2) is 0 Å². The first kappa shape index (κ1) is 16.9. The average molecular weight is 300 g/mol. The number of rotatable bonds is 8. The van der Waals surface area contributed by atoms with E-state index in [1.165, 1.54) is 16.9 Å². The maximum atomic E-state index is 6.40. The Balaban J connectivity index is 2.63. The second kappa shape index (κ2) is 8.89. The Labute approximate surface area is 127 Å². The van der Waals surface area contributed by atoms with E-state index in [1.54, 1.807) is 0 Å². The van der Waals surface area contributed by atoms with Crippen LogP contribution >= 0.6 is 23.4 Å². The van der Waals surface area contributed by atoms with Crippen molar-refractivity contribution in [2.45, 2.75) is 51.5 Å². The lowest BCUT2D eigenvalue weighted by molar-refractivity contribution is 0.570. The minimum Gasteiger partial charge on any atom is -0.310 e. The van der Waals surface area contributed by atoms with Crippen molar-refractivity contribution in [2.24, 2.45) is 5.92 Å². The summed E-state index contributed by atoms with van der Waals surface area (Å²) in [5.41, 5.74) is 1.20. The van der Waals surface area contributed by atoms with Gasteiger partial charge < -0.3 is 5.32 Å². The Morgan fingerprint density at radius 3 is 2.58 bits per heavy atom. The normalized spacial score (nSPS) is 14.4. The van der Waals surface area contributed by atoms with Crippen LogP contribution < -0.4 is 5.32 Å². The summed E-state index contributed by atoms with van der Waals surface area (Å²) in [4.78, 5) is 1.27. The quantitative estimate of drug-likeness (QED) is 0.633. The number of hydrogen-bond donors (Lipinski definition) is 1. The van der Waals surface area contributed by atoms with Crippen LogP contribution in [0.3, 0.4) is 0 Å². The Kier molecular flexibility index (Phi) is 7.89. The van der Waals surface area contributed by atoms with Gasteiger partial charge in [0, 0.05) is 21.7 Å². The molecule has 0 aliphatic rings. The van der Waals surface area contributed by atoms with E-state index in [1.807, 2.05) is 11.8 Å². The predicted octanol–water partition coefficient (Wildman–Crippen LogP) is 5.54. The molecule has 2 atom stereocenters. The highest BCUT2D eigenvalue weighted by Crippen LogP contribution is 2.29. The molecule has 0 saturated carbocycles. The molecule has 0 radical (unpaired) electrons. The van der Waals surface area contributed by atoms with Gasteiger partial charge in [0.05, 0.1) is 0 Å². The van der Waals surface area contributed by atoms with E-state index in [9.17, 15) is 0 Å². The fraction of sp³-hybridized carbons (Fsp3) is 0.625. The van der Waals surface area contributed by atoms with Crippen molar-refractivity contribution in [2.75, 3.05) is 12.3 Å². The molecule has 1 nitrogen and oxygen atoms in total. The fourth-order valence-corrected chi connectivity index (χ4v) is 3.26. The molecule has 0 spiro atoms. The Hall–Kier alpha value is -0.180. The molecule has 1 N–H and O–H groups in total. The van der Waals surface area contributed by atoms with E-state index in [0.29, 0.717) is 6.04 Å². The predicted molar refractivity (Wildman–Crippen MR) is 88.3 cm³/mol. The first-order valence-corrected chi connectivity index (χ1v) is 8.60. The molecule has 0 aliphatic carbocycles. The molecular weight excluding hydrogens is 274 g/mol. The molecule has 0 bridgehead atoms. The Morgan fingerprint density at radius 1 is 1.26 bits per heavy atom. The van der Waals surface area contributed by atoms with E-state index >= 15 is 0 Å². The lowest BCUT2D eigenvalue weighted by Crippen LogP contribution is -2.19. The number of nitrogens with one attached hydrogen (secondary N) is 1. The molecular formula is C16H26ClNS. The highest BCUT2D eigenvalue weighted by Gasteiger charge is 2.10. The first-order valence-electron chi connectivity index (χ1n) is 7.24. The number of halogens is 1. The summed E-state index contributed by atoms with van der Waals surface area (Å²) in [5.74, 6) is 1.92. The van der Waals surface area contributed by atoms with Crippen molar-refractivity contribution >= 4 is 23.4 Å². The average Bonchev–Trinajstić information content (AvgIpc) is 2.42. The van der Waals surface area contributed by atoms with Gasteiger partial charge in [0.15, 0.2) is 0 Å². The molecule has 1 aromatic carbocycles.